The second kappa shape index (κ2) is 13.0. The molecule has 0 saturated heterocycles. The highest BCUT2D eigenvalue weighted by Crippen LogP contribution is 2.57. The van der Waals surface area contributed by atoms with Gasteiger partial charge >= 0.3 is 6.18 Å². The number of aliphatic hydroxyl groups is 1. The summed E-state index contributed by atoms with van der Waals surface area (Å²) in [6, 6.07) is 0. The number of aliphatic hydroxyl groups excluding tert-OH is 1. The van der Waals surface area contributed by atoms with Gasteiger partial charge in [0.2, 0.25) is 0 Å². The van der Waals surface area contributed by atoms with Crippen LogP contribution in [0.1, 0.15) is 117 Å². The maximum absolute atomic E-state index is 13.7. The van der Waals surface area contributed by atoms with E-state index in [9.17, 15) is 18.3 Å². The van der Waals surface area contributed by atoms with Crippen molar-refractivity contribution in [3.05, 3.63) is 28.9 Å². The lowest BCUT2D eigenvalue weighted by Crippen LogP contribution is -2.44. The van der Waals surface area contributed by atoms with Crippen molar-refractivity contribution in [2.75, 3.05) is 6.61 Å². The molecule has 1 aromatic heterocycles. The van der Waals surface area contributed by atoms with Gasteiger partial charge in [0, 0.05) is 5.92 Å². The number of ether oxygens (including phenoxy) is 2. The molecular weight excluding hydrogens is 481 g/mol. The van der Waals surface area contributed by atoms with E-state index in [2.05, 4.69) is 16.9 Å². The lowest BCUT2D eigenvalue weighted by Gasteiger charge is -2.44. The van der Waals surface area contributed by atoms with Crippen LogP contribution in [0.25, 0.3) is 6.08 Å². The molecule has 212 valence electrons. The summed E-state index contributed by atoms with van der Waals surface area (Å²) in [5.74, 6) is 0.255. The second-order valence-electron chi connectivity index (χ2n) is 11.8. The van der Waals surface area contributed by atoms with Crippen LogP contribution in [0, 0.1) is 18.3 Å². The molecule has 0 amide bonds. The molecule has 1 N–H and O–H groups in total. The Labute approximate surface area is 221 Å². The summed E-state index contributed by atoms with van der Waals surface area (Å²) in [5.41, 5.74) is -0.326. The van der Waals surface area contributed by atoms with E-state index in [1.807, 2.05) is 34.6 Å². The monoisotopic (exact) mass is 528 g/mol. The number of halogens is 3. The molecule has 3 atom stereocenters. The van der Waals surface area contributed by atoms with E-state index in [1.165, 1.54) is 19.2 Å². The van der Waals surface area contributed by atoms with E-state index in [4.69, 9.17) is 9.47 Å². The Kier molecular flexibility index (Phi) is 11.2. The molecule has 1 aliphatic rings. The molecule has 0 radical (unpaired) electrons. The fraction of sp³-hybridized carbons (Fsp3) is 0.793. The first-order chi connectivity index (χ1) is 17.1. The van der Waals surface area contributed by atoms with Crippen molar-refractivity contribution in [3.8, 4) is 0 Å². The maximum Gasteiger partial charge on any atom is 0.398 e. The zero-order valence-corrected chi connectivity index (χ0v) is 23.9. The third kappa shape index (κ3) is 8.75. The van der Waals surface area contributed by atoms with Crippen LogP contribution in [-0.2, 0) is 9.47 Å². The molecule has 1 aromatic rings. The minimum absolute atomic E-state index is 0.0234. The van der Waals surface area contributed by atoms with Gasteiger partial charge < -0.3 is 14.6 Å². The predicted molar refractivity (Wildman–Crippen MR) is 141 cm³/mol. The van der Waals surface area contributed by atoms with Gasteiger partial charge in [-0.3, -0.25) is 9.97 Å². The van der Waals surface area contributed by atoms with Gasteiger partial charge in [-0.1, -0.05) is 18.9 Å². The van der Waals surface area contributed by atoms with Crippen LogP contribution in [0.4, 0.5) is 13.2 Å². The molecule has 1 heterocycles. The van der Waals surface area contributed by atoms with Crippen LogP contribution < -0.4 is 0 Å². The summed E-state index contributed by atoms with van der Waals surface area (Å²) in [6.07, 6.45) is 1.78. The molecule has 1 saturated carbocycles. The zero-order chi connectivity index (χ0) is 28.0. The van der Waals surface area contributed by atoms with Crippen molar-refractivity contribution in [1.29, 1.82) is 0 Å². The van der Waals surface area contributed by atoms with E-state index in [1.54, 1.807) is 6.92 Å². The molecular formula is C29H47F3N2O3. The van der Waals surface area contributed by atoms with Gasteiger partial charge in [-0.25, -0.2) is 0 Å². The summed E-state index contributed by atoms with van der Waals surface area (Å²) < 4.78 is 53.2. The summed E-state index contributed by atoms with van der Waals surface area (Å²) >= 11 is 0. The Bertz CT molecular complexity index is 889. The zero-order valence-electron chi connectivity index (χ0n) is 23.9. The summed E-state index contributed by atoms with van der Waals surface area (Å²) in [4.78, 5) is 8.84. The number of hydrogen-bond acceptors (Lipinski definition) is 5. The molecule has 0 spiro atoms. The van der Waals surface area contributed by atoms with Crippen LogP contribution >= 0.6 is 0 Å². The number of aromatic nitrogens is 2. The van der Waals surface area contributed by atoms with E-state index >= 15 is 0 Å². The second-order valence-corrected chi connectivity index (χ2v) is 11.8. The summed E-state index contributed by atoms with van der Waals surface area (Å²) in [7, 11) is 0. The number of nitrogens with zero attached hydrogens (tertiary/aromatic N) is 2. The van der Waals surface area contributed by atoms with Crippen molar-refractivity contribution < 1.29 is 27.8 Å². The molecule has 2 unspecified atom stereocenters. The van der Waals surface area contributed by atoms with Gasteiger partial charge in [-0.15, -0.1) is 0 Å². The van der Waals surface area contributed by atoms with Crippen molar-refractivity contribution in [2.45, 2.75) is 130 Å². The Morgan fingerprint density at radius 2 is 1.84 bits per heavy atom. The Balaban J connectivity index is 2.03. The summed E-state index contributed by atoms with van der Waals surface area (Å²) in [6.45, 7) is 16.2. The van der Waals surface area contributed by atoms with Crippen LogP contribution in [0.3, 0.4) is 0 Å². The maximum atomic E-state index is 13.7. The lowest BCUT2D eigenvalue weighted by atomic mass is 9.63. The highest BCUT2D eigenvalue weighted by atomic mass is 19.4. The van der Waals surface area contributed by atoms with E-state index < -0.39 is 17.7 Å². The molecule has 37 heavy (non-hydrogen) atoms. The third-order valence-electron chi connectivity index (χ3n) is 7.40. The number of alkyl halides is 3. The molecule has 5 nitrogen and oxygen atoms in total. The van der Waals surface area contributed by atoms with Crippen LogP contribution in [-0.4, -0.2) is 45.7 Å². The highest BCUT2D eigenvalue weighted by Gasteiger charge is 2.59. The van der Waals surface area contributed by atoms with Gasteiger partial charge in [-0.05, 0) is 93.1 Å². The number of hydrogen-bond donors (Lipinski definition) is 1. The number of rotatable bonds is 13. The smallest absolute Gasteiger partial charge is 0.387 e. The van der Waals surface area contributed by atoms with Gasteiger partial charge in [0.25, 0.3) is 0 Å². The average molecular weight is 529 g/mol. The normalized spacial score (nSPS) is 19.0. The van der Waals surface area contributed by atoms with Crippen molar-refractivity contribution >= 4 is 6.08 Å². The van der Waals surface area contributed by atoms with Crippen molar-refractivity contribution in [3.63, 3.8) is 0 Å². The Hall–Kier alpha value is -1.51. The van der Waals surface area contributed by atoms with Crippen LogP contribution in [0.15, 0.2) is 11.8 Å². The number of allylic oxidation sites excluding steroid dienone is 1. The first kappa shape index (κ1) is 31.7. The topological polar surface area (TPSA) is 64.5 Å². The van der Waals surface area contributed by atoms with Crippen molar-refractivity contribution in [2.24, 2.45) is 11.3 Å². The standard InChI is InChI=1S/C29H47F3N2O3/c1-9-22(18-36-27(6,7)8)26(37-19(2)3)13-10-12-25(35)24-17-33-23(21(5)34-24)16-20(4)28(14-11-15-28)29(30,31)32/h16-17,19,22,25-26,35H,9-15,18H2,1-8H3/b20-16+/t22-,25?,26?/m0/s1. The molecule has 1 fully saturated rings. The molecule has 0 aromatic carbocycles. The Morgan fingerprint density at radius 3 is 2.30 bits per heavy atom. The fourth-order valence-corrected chi connectivity index (χ4v) is 4.86. The fourth-order valence-electron chi connectivity index (χ4n) is 4.86. The van der Waals surface area contributed by atoms with Crippen LogP contribution in [0.2, 0.25) is 0 Å². The molecule has 1 aliphatic carbocycles. The van der Waals surface area contributed by atoms with E-state index in [0.717, 1.165) is 19.3 Å². The molecule has 0 aliphatic heterocycles. The number of aryl methyl sites for hydroxylation is 1. The van der Waals surface area contributed by atoms with Crippen LogP contribution in [0.5, 0.6) is 0 Å². The quantitative estimate of drug-likeness (QED) is 0.283. The highest BCUT2D eigenvalue weighted by molar-refractivity contribution is 5.53. The van der Waals surface area contributed by atoms with Gasteiger partial charge in [0.05, 0.1) is 59.2 Å². The molecule has 2 rings (SSSR count). The SMILES string of the molecule is CC[C@@H](COC(C)(C)C)C(CCCC(O)c1cnc(/C=C(\C)C2(C(F)(F)F)CCC2)c(C)n1)OC(C)C. The van der Waals surface area contributed by atoms with E-state index in [0.29, 0.717) is 36.5 Å². The van der Waals surface area contributed by atoms with Gasteiger partial charge in [0.15, 0.2) is 0 Å². The molecule has 8 heteroatoms. The van der Waals surface area contributed by atoms with Gasteiger partial charge in [-0.2, -0.15) is 13.2 Å². The summed E-state index contributed by atoms with van der Waals surface area (Å²) in [5, 5.41) is 10.8. The first-order valence-electron chi connectivity index (χ1n) is 13.7. The predicted octanol–water partition coefficient (Wildman–Crippen LogP) is 7.76. The van der Waals surface area contributed by atoms with E-state index in [-0.39, 0.29) is 42.1 Å². The third-order valence-corrected chi connectivity index (χ3v) is 7.40. The first-order valence-corrected chi connectivity index (χ1v) is 13.7. The van der Waals surface area contributed by atoms with Crippen molar-refractivity contribution in [1.82, 2.24) is 9.97 Å². The molecule has 0 bridgehead atoms. The largest absolute Gasteiger partial charge is 0.398 e. The minimum atomic E-state index is -4.27. The van der Waals surface area contributed by atoms with Gasteiger partial charge in [0.1, 0.15) is 0 Å². The average Bonchev–Trinajstić information content (AvgIpc) is 2.72. The Morgan fingerprint density at radius 1 is 1.19 bits per heavy atom. The lowest BCUT2D eigenvalue weighted by molar-refractivity contribution is -0.233. The minimum Gasteiger partial charge on any atom is -0.387 e.